The number of aryl methyl sites for hydroxylation is 1. The second kappa shape index (κ2) is 10.7. The molecule has 2 aliphatic heterocycles. The number of halogens is 1. The predicted molar refractivity (Wildman–Crippen MR) is 154 cm³/mol. The van der Waals surface area contributed by atoms with E-state index in [1.165, 1.54) is 17.7 Å². The molecule has 2 saturated heterocycles. The Bertz CT molecular complexity index is 1470. The van der Waals surface area contributed by atoms with E-state index in [1.807, 2.05) is 10.3 Å². The summed E-state index contributed by atoms with van der Waals surface area (Å²) in [4.78, 5) is 28.1. The number of anilines is 2. The van der Waals surface area contributed by atoms with Crippen molar-refractivity contribution in [1.82, 2.24) is 24.2 Å². The monoisotopic (exact) mass is 546 g/mol. The summed E-state index contributed by atoms with van der Waals surface area (Å²) in [5.41, 5.74) is 5.13. The average Bonchev–Trinajstić information content (AvgIpc) is 3.53. The summed E-state index contributed by atoms with van der Waals surface area (Å²) >= 11 is 1.58. The minimum atomic E-state index is -0.245. The number of hydrogen-bond acceptors (Lipinski definition) is 6. The minimum absolute atomic E-state index is 0.183. The van der Waals surface area contributed by atoms with Crippen LogP contribution in [-0.2, 0) is 11.2 Å². The quantitative estimate of drug-likeness (QED) is 0.297. The number of amides is 1. The van der Waals surface area contributed by atoms with Crippen molar-refractivity contribution in [3.63, 3.8) is 0 Å². The van der Waals surface area contributed by atoms with Crippen molar-refractivity contribution in [3.05, 3.63) is 65.0 Å². The van der Waals surface area contributed by atoms with Crippen LogP contribution in [0.4, 0.5) is 15.3 Å². The lowest BCUT2D eigenvalue weighted by Gasteiger charge is -2.47. The number of pyridine rings is 1. The topological polar surface area (TPSA) is 57.0 Å². The van der Waals surface area contributed by atoms with Gasteiger partial charge in [-0.05, 0) is 74.2 Å². The molecule has 1 aromatic carbocycles. The van der Waals surface area contributed by atoms with E-state index in [-0.39, 0.29) is 11.7 Å². The van der Waals surface area contributed by atoms with Gasteiger partial charge < -0.3 is 9.80 Å². The van der Waals surface area contributed by atoms with Crippen molar-refractivity contribution >= 4 is 33.8 Å². The summed E-state index contributed by atoms with van der Waals surface area (Å²) in [5, 5.41) is 2.91. The third-order valence-corrected chi connectivity index (χ3v) is 9.15. The standard InChI is InChI=1S/C30H35FN6OS/c1-4-5-26-29(34(3)30-33-27(19-39-30)22-6-9-24(31)10-7-22)37-16-23(8-11-28(37)32-26)21-12-14-35(15-13-21)25-17-36(18-25)20(2)38/h6-11,16,19,21,25H,4-5,12-15,17-18H2,1-3H3. The first-order valence-corrected chi connectivity index (χ1v) is 14.7. The van der Waals surface area contributed by atoms with E-state index in [0.717, 1.165) is 85.4 Å². The van der Waals surface area contributed by atoms with Crippen molar-refractivity contribution in [2.24, 2.45) is 0 Å². The summed E-state index contributed by atoms with van der Waals surface area (Å²) < 4.78 is 15.7. The van der Waals surface area contributed by atoms with E-state index in [0.29, 0.717) is 12.0 Å². The maximum absolute atomic E-state index is 13.4. The van der Waals surface area contributed by atoms with E-state index in [4.69, 9.17) is 9.97 Å². The zero-order valence-corrected chi connectivity index (χ0v) is 23.6. The molecular weight excluding hydrogens is 511 g/mol. The SMILES string of the molecule is CCCc1nc2ccc(C3CCN(C4CN(C(C)=O)C4)CC3)cn2c1N(C)c1nc(-c2ccc(F)cc2)cs1. The molecule has 7 nitrogen and oxygen atoms in total. The second-order valence-electron chi connectivity index (χ2n) is 10.8. The van der Waals surface area contributed by atoms with E-state index in [9.17, 15) is 9.18 Å². The summed E-state index contributed by atoms with van der Waals surface area (Å²) in [5.74, 6) is 1.51. The molecule has 5 heterocycles. The number of piperidine rings is 1. The second-order valence-corrected chi connectivity index (χ2v) is 11.6. The number of aromatic nitrogens is 3. The molecule has 4 aromatic rings. The molecule has 1 amide bonds. The van der Waals surface area contributed by atoms with Crippen LogP contribution >= 0.6 is 11.3 Å². The van der Waals surface area contributed by atoms with E-state index in [1.54, 1.807) is 30.4 Å². The maximum atomic E-state index is 13.4. The number of imidazole rings is 1. The van der Waals surface area contributed by atoms with Gasteiger partial charge in [0.25, 0.3) is 0 Å². The van der Waals surface area contributed by atoms with Gasteiger partial charge in [0.1, 0.15) is 17.3 Å². The van der Waals surface area contributed by atoms with E-state index in [2.05, 4.69) is 46.5 Å². The fourth-order valence-corrected chi connectivity index (χ4v) is 6.70. The number of benzene rings is 1. The Kier molecular flexibility index (Phi) is 7.12. The Morgan fingerprint density at radius 1 is 1.10 bits per heavy atom. The number of hydrogen-bond donors (Lipinski definition) is 0. The molecule has 9 heteroatoms. The van der Waals surface area contributed by atoms with Crippen LogP contribution in [0.2, 0.25) is 0 Å². The number of likely N-dealkylation sites (tertiary alicyclic amines) is 2. The molecule has 0 spiro atoms. The molecule has 0 aliphatic carbocycles. The van der Waals surface area contributed by atoms with Crippen LogP contribution in [0.15, 0.2) is 48.0 Å². The molecule has 0 atom stereocenters. The molecule has 39 heavy (non-hydrogen) atoms. The summed E-state index contributed by atoms with van der Waals surface area (Å²) in [6.45, 7) is 7.73. The van der Waals surface area contributed by atoms with Gasteiger partial charge in [-0.15, -0.1) is 11.3 Å². The third kappa shape index (κ3) is 5.05. The van der Waals surface area contributed by atoms with Gasteiger partial charge in [-0.1, -0.05) is 19.4 Å². The van der Waals surface area contributed by atoms with Gasteiger partial charge in [-0.2, -0.15) is 0 Å². The Morgan fingerprint density at radius 3 is 2.54 bits per heavy atom. The molecule has 0 bridgehead atoms. The van der Waals surface area contributed by atoms with E-state index < -0.39 is 0 Å². The number of fused-ring (bicyclic) bond motifs is 1. The molecule has 0 radical (unpaired) electrons. The number of rotatable bonds is 7. The highest BCUT2D eigenvalue weighted by Crippen LogP contribution is 2.36. The van der Waals surface area contributed by atoms with Gasteiger partial charge >= 0.3 is 0 Å². The number of nitrogens with zero attached hydrogens (tertiary/aromatic N) is 6. The van der Waals surface area contributed by atoms with Gasteiger partial charge in [0.05, 0.1) is 11.4 Å². The summed E-state index contributed by atoms with van der Waals surface area (Å²) in [6.07, 6.45) is 6.43. The smallest absolute Gasteiger partial charge is 0.219 e. The summed E-state index contributed by atoms with van der Waals surface area (Å²) in [7, 11) is 2.06. The van der Waals surface area contributed by atoms with Gasteiger partial charge in [-0.3, -0.25) is 14.1 Å². The van der Waals surface area contributed by atoms with Crippen LogP contribution in [0.5, 0.6) is 0 Å². The fraction of sp³-hybridized carbons (Fsp3) is 0.433. The lowest BCUT2D eigenvalue weighted by molar-refractivity contribution is -0.136. The largest absolute Gasteiger partial charge is 0.340 e. The van der Waals surface area contributed by atoms with Crippen LogP contribution in [0, 0.1) is 5.82 Å². The Morgan fingerprint density at radius 2 is 1.85 bits per heavy atom. The highest BCUT2D eigenvalue weighted by molar-refractivity contribution is 7.14. The highest BCUT2D eigenvalue weighted by atomic mass is 32.1. The molecule has 6 rings (SSSR count). The molecule has 3 aromatic heterocycles. The first kappa shape index (κ1) is 26.0. The number of carbonyl (C=O) groups excluding carboxylic acids is 1. The predicted octanol–water partition coefficient (Wildman–Crippen LogP) is 5.73. The highest BCUT2D eigenvalue weighted by Gasteiger charge is 2.35. The molecule has 0 unspecified atom stereocenters. The van der Waals surface area contributed by atoms with Crippen LogP contribution in [0.25, 0.3) is 16.9 Å². The average molecular weight is 547 g/mol. The minimum Gasteiger partial charge on any atom is -0.340 e. The Labute approximate surface area is 232 Å². The first-order chi connectivity index (χ1) is 18.9. The van der Waals surface area contributed by atoms with Crippen LogP contribution < -0.4 is 4.90 Å². The van der Waals surface area contributed by atoms with Crippen LogP contribution in [0.3, 0.4) is 0 Å². The maximum Gasteiger partial charge on any atom is 0.219 e. The number of carbonyl (C=O) groups is 1. The lowest BCUT2D eigenvalue weighted by Crippen LogP contribution is -2.61. The van der Waals surface area contributed by atoms with Crippen molar-refractivity contribution < 1.29 is 9.18 Å². The molecule has 0 saturated carbocycles. The Balaban J connectivity index is 1.24. The van der Waals surface area contributed by atoms with Crippen molar-refractivity contribution in [2.45, 2.75) is 51.5 Å². The number of thiazole rings is 1. The molecule has 2 aliphatic rings. The van der Waals surface area contributed by atoms with Crippen LogP contribution in [0.1, 0.15) is 50.3 Å². The van der Waals surface area contributed by atoms with Crippen molar-refractivity contribution in [2.75, 3.05) is 38.1 Å². The molecule has 2 fully saturated rings. The summed E-state index contributed by atoms with van der Waals surface area (Å²) in [6, 6.07) is 11.4. The van der Waals surface area contributed by atoms with Gasteiger partial charge in [0.2, 0.25) is 5.91 Å². The van der Waals surface area contributed by atoms with Gasteiger partial charge in [0, 0.05) is 50.2 Å². The molecule has 0 N–H and O–H groups in total. The third-order valence-electron chi connectivity index (χ3n) is 8.23. The van der Waals surface area contributed by atoms with Crippen molar-refractivity contribution in [1.29, 1.82) is 0 Å². The zero-order valence-electron chi connectivity index (χ0n) is 22.8. The van der Waals surface area contributed by atoms with Gasteiger partial charge in [-0.25, -0.2) is 14.4 Å². The van der Waals surface area contributed by atoms with Crippen molar-refractivity contribution in [3.8, 4) is 11.3 Å². The fourth-order valence-electron chi connectivity index (χ4n) is 5.90. The Hall–Kier alpha value is -3.30. The van der Waals surface area contributed by atoms with Crippen LogP contribution in [-0.4, -0.2) is 69.3 Å². The molecular formula is C30H35FN6OS. The normalized spacial score (nSPS) is 17.1. The lowest BCUT2D eigenvalue weighted by atomic mass is 9.89. The van der Waals surface area contributed by atoms with E-state index >= 15 is 0 Å². The van der Waals surface area contributed by atoms with Gasteiger partial charge in [0.15, 0.2) is 5.13 Å². The first-order valence-electron chi connectivity index (χ1n) is 13.9. The zero-order chi connectivity index (χ0) is 27.1. The molecule has 204 valence electrons.